The smallest absolute Gasteiger partial charge is 0.309 e. The van der Waals surface area contributed by atoms with Gasteiger partial charge in [0.05, 0.1) is 18.6 Å². The van der Waals surface area contributed by atoms with Crippen LogP contribution in [0.4, 0.5) is 4.39 Å². The normalized spacial score (nSPS) is 23.2. The molecule has 2 fully saturated rings. The van der Waals surface area contributed by atoms with Crippen molar-refractivity contribution >= 4 is 17.8 Å². The number of piperidine rings is 1. The van der Waals surface area contributed by atoms with Crippen LogP contribution in [0.3, 0.4) is 0 Å². The lowest BCUT2D eigenvalue weighted by atomic mass is 9.84. The van der Waals surface area contributed by atoms with Crippen LogP contribution in [0.5, 0.6) is 0 Å². The number of carbonyl (C=O) groups excluding carboxylic acids is 2. The van der Waals surface area contributed by atoms with Crippen LogP contribution in [0, 0.1) is 17.7 Å². The minimum absolute atomic E-state index is 0.125. The number of ether oxygens (including phenoxy) is 1. The predicted molar refractivity (Wildman–Crippen MR) is 93.5 cm³/mol. The van der Waals surface area contributed by atoms with Gasteiger partial charge in [-0.3, -0.25) is 14.4 Å². The number of hydrogen-bond acceptors (Lipinski definition) is 4. The number of carbonyl (C=O) groups is 3. The highest BCUT2D eigenvalue weighted by atomic mass is 19.1. The van der Waals surface area contributed by atoms with E-state index in [1.54, 1.807) is 4.90 Å². The van der Waals surface area contributed by atoms with Crippen LogP contribution in [-0.4, -0.2) is 60.1 Å². The molecule has 2 amide bonds. The number of carboxylic acids is 1. The molecule has 0 bridgehead atoms. The predicted octanol–water partition coefficient (Wildman–Crippen LogP) is 1.28. The Bertz CT molecular complexity index is 718. The summed E-state index contributed by atoms with van der Waals surface area (Å²) in [5.41, 5.74) is 0.166. The lowest BCUT2D eigenvalue weighted by Crippen LogP contribution is -2.46. The van der Waals surface area contributed by atoms with E-state index in [2.05, 4.69) is 5.32 Å². The third kappa shape index (κ3) is 4.63. The molecule has 0 aliphatic carbocycles. The summed E-state index contributed by atoms with van der Waals surface area (Å²) in [6, 6.07) is 5.28. The van der Waals surface area contributed by atoms with Crippen molar-refractivity contribution in [3.05, 3.63) is 35.6 Å². The average Bonchev–Trinajstić information content (AvgIpc) is 3.16. The number of halogens is 1. The van der Waals surface area contributed by atoms with Crippen LogP contribution in [0.25, 0.3) is 0 Å². The van der Waals surface area contributed by atoms with Crippen molar-refractivity contribution in [2.45, 2.75) is 25.4 Å². The molecule has 8 heteroatoms. The number of benzene rings is 1. The molecule has 0 radical (unpaired) electrons. The van der Waals surface area contributed by atoms with E-state index >= 15 is 0 Å². The van der Waals surface area contributed by atoms with Gasteiger partial charge >= 0.3 is 5.97 Å². The minimum atomic E-state index is -0.823. The molecule has 1 aromatic carbocycles. The number of nitrogens with one attached hydrogen (secondary N) is 1. The van der Waals surface area contributed by atoms with Crippen LogP contribution in [0.2, 0.25) is 0 Å². The van der Waals surface area contributed by atoms with Crippen molar-refractivity contribution in [1.82, 2.24) is 10.2 Å². The maximum absolute atomic E-state index is 13.2. The molecular weight excluding hydrogens is 355 g/mol. The van der Waals surface area contributed by atoms with Gasteiger partial charge in [0.1, 0.15) is 5.82 Å². The standard InChI is InChI=1S/C19H23FN2O5/c20-14-3-1-2-13(10-14)18(24)21-11-16(23)22-7-4-12(5-8-22)17-15(19(25)26)6-9-27-17/h1-3,10,12,15,17H,4-9,11H2,(H,21,24)(H,25,26)/t15?,17-/m0/s1. The summed E-state index contributed by atoms with van der Waals surface area (Å²) in [5.74, 6) is -2.38. The van der Waals surface area contributed by atoms with E-state index in [-0.39, 0.29) is 30.0 Å². The van der Waals surface area contributed by atoms with Gasteiger partial charge < -0.3 is 20.1 Å². The van der Waals surface area contributed by atoms with Gasteiger partial charge in [-0.15, -0.1) is 0 Å². The van der Waals surface area contributed by atoms with Crippen molar-refractivity contribution < 1.29 is 28.6 Å². The quantitative estimate of drug-likeness (QED) is 0.805. The van der Waals surface area contributed by atoms with Crippen LogP contribution in [-0.2, 0) is 14.3 Å². The van der Waals surface area contributed by atoms with Crippen LogP contribution < -0.4 is 5.32 Å². The van der Waals surface area contributed by atoms with Gasteiger partial charge in [-0.25, -0.2) is 4.39 Å². The Labute approximate surface area is 156 Å². The molecule has 0 aromatic heterocycles. The number of nitrogens with zero attached hydrogens (tertiary/aromatic N) is 1. The molecule has 27 heavy (non-hydrogen) atoms. The van der Waals surface area contributed by atoms with E-state index in [4.69, 9.17) is 4.74 Å². The van der Waals surface area contributed by atoms with E-state index < -0.39 is 23.6 Å². The van der Waals surface area contributed by atoms with Gasteiger partial charge in [0.15, 0.2) is 0 Å². The molecule has 2 heterocycles. The molecule has 7 nitrogen and oxygen atoms in total. The number of rotatable bonds is 5. The highest BCUT2D eigenvalue weighted by Crippen LogP contribution is 2.33. The average molecular weight is 378 g/mol. The molecule has 3 rings (SSSR count). The summed E-state index contributed by atoms with van der Waals surface area (Å²) >= 11 is 0. The molecule has 146 valence electrons. The van der Waals surface area contributed by atoms with E-state index in [9.17, 15) is 23.9 Å². The number of aliphatic carboxylic acids is 1. The van der Waals surface area contributed by atoms with Crippen molar-refractivity contribution in [2.75, 3.05) is 26.2 Å². The summed E-state index contributed by atoms with van der Waals surface area (Å²) in [7, 11) is 0. The molecule has 2 aliphatic rings. The molecule has 2 aliphatic heterocycles. The molecule has 2 N–H and O–H groups in total. The molecule has 1 unspecified atom stereocenters. The first-order valence-corrected chi connectivity index (χ1v) is 9.11. The van der Waals surface area contributed by atoms with Gasteiger partial charge in [-0.2, -0.15) is 0 Å². The Morgan fingerprint density at radius 1 is 1.22 bits per heavy atom. The zero-order chi connectivity index (χ0) is 19.4. The van der Waals surface area contributed by atoms with E-state index in [1.807, 2.05) is 0 Å². The SMILES string of the molecule is O=C(NCC(=O)N1CCC([C@@H]2OCCC2C(=O)O)CC1)c1cccc(F)c1. The summed E-state index contributed by atoms with van der Waals surface area (Å²) < 4.78 is 18.8. The first kappa shape index (κ1) is 19.3. The fourth-order valence-electron chi connectivity index (χ4n) is 3.82. The molecule has 0 saturated carbocycles. The second-order valence-corrected chi connectivity index (χ2v) is 6.98. The molecule has 2 saturated heterocycles. The number of hydrogen-bond donors (Lipinski definition) is 2. The van der Waals surface area contributed by atoms with Gasteiger partial charge in [-0.05, 0) is 43.4 Å². The van der Waals surface area contributed by atoms with E-state index in [1.165, 1.54) is 18.2 Å². The van der Waals surface area contributed by atoms with Crippen LogP contribution in [0.15, 0.2) is 24.3 Å². The largest absolute Gasteiger partial charge is 0.481 e. The Morgan fingerprint density at radius 2 is 1.96 bits per heavy atom. The van der Waals surface area contributed by atoms with Gasteiger partial charge in [0, 0.05) is 25.3 Å². The number of carboxylic acid groups (broad SMARTS) is 1. The van der Waals surface area contributed by atoms with Crippen LogP contribution in [0.1, 0.15) is 29.6 Å². The van der Waals surface area contributed by atoms with Gasteiger partial charge in [0.25, 0.3) is 5.91 Å². The monoisotopic (exact) mass is 378 g/mol. The highest BCUT2D eigenvalue weighted by Gasteiger charge is 2.40. The summed E-state index contributed by atoms with van der Waals surface area (Å²) in [6.45, 7) is 1.32. The molecule has 2 atom stereocenters. The molecular formula is C19H23FN2O5. The first-order chi connectivity index (χ1) is 13.0. The van der Waals surface area contributed by atoms with Crippen molar-refractivity contribution in [1.29, 1.82) is 0 Å². The third-order valence-corrected chi connectivity index (χ3v) is 5.30. The zero-order valence-corrected chi connectivity index (χ0v) is 14.9. The Balaban J connectivity index is 1.46. The molecule has 1 aromatic rings. The van der Waals surface area contributed by atoms with Crippen molar-refractivity contribution in [2.24, 2.45) is 11.8 Å². The fraction of sp³-hybridized carbons (Fsp3) is 0.526. The number of amides is 2. The third-order valence-electron chi connectivity index (χ3n) is 5.30. The topological polar surface area (TPSA) is 95.9 Å². The summed E-state index contributed by atoms with van der Waals surface area (Å²) in [5, 5.41) is 11.8. The molecule has 0 spiro atoms. The minimum Gasteiger partial charge on any atom is -0.481 e. The van der Waals surface area contributed by atoms with Crippen LogP contribution >= 0.6 is 0 Å². The van der Waals surface area contributed by atoms with Gasteiger partial charge in [0.2, 0.25) is 5.91 Å². The van der Waals surface area contributed by atoms with Crippen molar-refractivity contribution in [3.8, 4) is 0 Å². The second-order valence-electron chi connectivity index (χ2n) is 6.98. The Morgan fingerprint density at radius 3 is 2.63 bits per heavy atom. The number of likely N-dealkylation sites (tertiary alicyclic amines) is 1. The Hall–Kier alpha value is -2.48. The lowest BCUT2D eigenvalue weighted by molar-refractivity contribution is -0.145. The maximum atomic E-state index is 13.2. The second kappa shape index (κ2) is 8.47. The maximum Gasteiger partial charge on any atom is 0.309 e. The summed E-state index contributed by atoms with van der Waals surface area (Å²) in [6.07, 6.45) is 1.61. The van der Waals surface area contributed by atoms with E-state index in [0.717, 1.165) is 6.07 Å². The zero-order valence-electron chi connectivity index (χ0n) is 14.9. The van der Waals surface area contributed by atoms with Crippen molar-refractivity contribution in [3.63, 3.8) is 0 Å². The fourth-order valence-corrected chi connectivity index (χ4v) is 3.82. The first-order valence-electron chi connectivity index (χ1n) is 9.11. The van der Waals surface area contributed by atoms with Gasteiger partial charge in [-0.1, -0.05) is 6.07 Å². The highest BCUT2D eigenvalue weighted by molar-refractivity contribution is 5.96. The van der Waals surface area contributed by atoms with E-state index in [0.29, 0.717) is 39.0 Å². The lowest BCUT2D eigenvalue weighted by Gasteiger charge is -2.35. The summed E-state index contributed by atoms with van der Waals surface area (Å²) in [4.78, 5) is 37.3. The Kier molecular flexibility index (Phi) is 6.05.